The maximum absolute atomic E-state index is 13.2. The number of methoxy groups -OCH3 is 1. The van der Waals surface area contributed by atoms with Crippen molar-refractivity contribution in [2.24, 2.45) is 0 Å². The minimum Gasteiger partial charge on any atom is -0.497 e. The van der Waals surface area contributed by atoms with Crippen molar-refractivity contribution in [1.29, 1.82) is 5.26 Å². The fourth-order valence-corrected chi connectivity index (χ4v) is 3.21. The summed E-state index contributed by atoms with van der Waals surface area (Å²) >= 11 is 0. The molecule has 30 heavy (non-hydrogen) atoms. The fourth-order valence-electron chi connectivity index (χ4n) is 3.21. The minimum atomic E-state index is -0.670. The number of aryl methyl sites for hydroxylation is 1. The highest BCUT2D eigenvalue weighted by Gasteiger charge is 2.24. The van der Waals surface area contributed by atoms with Gasteiger partial charge in [0.25, 0.3) is 5.56 Å². The van der Waals surface area contributed by atoms with Gasteiger partial charge in [0.1, 0.15) is 23.2 Å². The number of benzene rings is 2. The summed E-state index contributed by atoms with van der Waals surface area (Å²) in [4.78, 5) is 25.7. The molecule has 1 N–H and O–H groups in total. The van der Waals surface area contributed by atoms with E-state index in [-0.39, 0.29) is 28.8 Å². The van der Waals surface area contributed by atoms with Crippen molar-refractivity contribution in [3.05, 3.63) is 92.5 Å². The zero-order valence-corrected chi connectivity index (χ0v) is 16.5. The van der Waals surface area contributed by atoms with E-state index >= 15 is 0 Å². The van der Waals surface area contributed by atoms with Gasteiger partial charge in [-0.1, -0.05) is 12.1 Å². The van der Waals surface area contributed by atoms with E-state index in [0.717, 1.165) is 22.3 Å². The third-order valence-corrected chi connectivity index (χ3v) is 4.92. The van der Waals surface area contributed by atoms with Crippen LogP contribution in [0.2, 0.25) is 0 Å². The van der Waals surface area contributed by atoms with Gasteiger partial charge >= 0.3 is 0 Å². The van der Waals surface area contributed by atoms with Crippen LogP contribution in [-0.4, -0.2) is 22.6 Å². The van der Waals surface area contributed by atoms with Crippen molar-refractivity contribution >= 4 is 5.78 Å². The lowest BCUT2D eigenvalue weighted by Crippen LogP contribution is -2.27. The average Bonchev–Trinajstić information content (AvgIpc) is 2.74. The first kappa shape index (κ1) is 20.8. The largest absolute Gasteiger partial charge is 0.497 e. The molecule has 3 rings (SSSR count). The van der Waals surface area contributed by atoms with Gasteiger partial charge in [0, 0.05) is 12.1 Å². The molecule has 0 amide bonds. The molecule has 0 radical (unpaired) electrons. The summed E-state index contributed by atoms with van der Waals surface area (Å²) in [5.41, 5.74) is 0.0822. The third-order valence-electron chi connectivity index (χ3n) is 4.92. The van der Waals surface area contributed by atoms with E-state index in [1.165, 1.54) is 19.1 Å². The molecule has 0 aliphatic carbocycles. The number of rotatable bonds is 6. The van der Waals surface area contributed by atoms with Crippen molar-refractivity contribution < 1.29 is 19.0 Å². The summed E-state index contributed by atoms with van der Waals surface area (Å²) in [5.74, 6) is -0.929. The summed E-state index contributed by atoms with van der Waals surface area (Å²) in [6.45, 7) is 1.50. The summed E-state index contributed by atoms with van der Waals surface area (Å²) in [6.07, 6.45) is 0.384. The molecule has 0 saturated heterocycles. The molecular weight excluding hydrogens is 387 g/mol. The molecule has 1 aromatic heterocycles. The Morgan fingerprint density at radius 2 is 1.80 bits per heavy atom. The van der Waals surface area contributed by atoms with Crippen LogP contribution in [0.3, 0.4) is 0 Å². The van der Waals surface area contributed by atoms with E-state index in [1.807, 2.05) is 18.2 Å². The van der Waals surface area contributed by atoms with Gasteiger partial charge in [0.15, 0.2) is 5.78 Å². The number of nitrogens with zero attached hydrogens (tertiary/aromatic N) is 2. The summed E-state index contributed by atoms with van der Waals surface area (Å²) in [6, 6.07) is 13.9. The highest BCUT2D eigenvalue weighted by atomic mass is 19.1. The molecule has 0 bridgehead atoms. The van der Waals surface area contributed by atoms with Gasteiger partial charge in [0.2, 0.25) is 5.88 Å². The molecule has 0 unspecified atom stereocenters. The van der Waals surface area contributed by atoms with Gasteiger partial charge in [-0.05, 0) is 60.9 Å². The van der Waals surface area contributed by atoms with Crippen molar-refractivity contribution in [3.63, 3.8) is 0 Å². The normalized spacial score (nSPS) is 10.5. The van der Waals surface area contributed by atoms with Crippen molar-refractivity contribution in [1.82, 2.24) is 4.57 Å². The number of pyridine rings is 1. The van der Waals surface area contributed by atoms with Gasteiger partial charge in [-0.3, -0.25) is 14.2 Å². The number of aromatic hydroxyl groups is 1. The average molecular weight is 406 g/mol. The molecule has 0 saturated carbocycles. The molecule has 0 aliphatic rings. The molecule has 7 heteroatoms. The van der Waals surface area contributed by atoms with Crippen LogP contribution in [-0.2, 0) is 13.0 Å². The zero-order chi connectivity index (χ0) is 21.8. The number of hydrogen-bond acceptors (Lipinski definition) is 5. The Balaban J connectivity index is 2.03. The topological polar surface area (TPSA) is 92.3 Å². The van der Waals surface area contributed by atoms with Crippen LogP contribution in [0.4, 0.5) is 4.39 Å². The molecule has 152 valence electrons. The maximum Gasteiger partial charge on any atom is 0.271 e. The van der Waals surface area contributed by atoms with Gasteiger partial charge < -0.3 is 9.84 Å². The monoisotopic (exact) mass is 406 g/mol. The van der Waals surface area contributed by atoms with E-state index in [0.29, 0.717) is 12.2 Å². The first-order valence-corrected chi connectivity index (χ1v) is 9.17. The predicted octanol–water partition coefficient (Wildman–Crippen LogP) is 3.36. The van der Waals surface area contributed by atoms with Crippen LogP contribution in [0.1, 0.15) is 32.6 Å². The molecule has 0 spiro atoms. The van der Waals surface area contributed by atoms with Gasteiger partial charge in [-0.15, -0.1) is 0 Å². The molecule has 0 aliphatic heterocycles. The van der Waals surface area contributed by atoms with E-state index in [1.54, 1.807) is 19.2 Å². The second-order valence-corrected chi connectivity index (χ2v) is 6.70. The highest BCUT2D eigenvalue weighted by Crippen LogP contribution is 2.25. The van der Waals surface area contributed by atoms with Crippen LogP contribution < -0.4 is 10.3 Å². The van der Waals surface area contributed by atoms with Crippen LogP contribution in [0, 0.1) is 24.1 Å². The fraction of sp³-hybridized carbons (Fsp3) is 0.174. The molecule has 0 fully saturated rings. The van der Waals surface area contributed by atoms with Crippen LogP contribution in [0.15, 0.2) is 53.3 Å². The van der Waals surface area contributed by atoms with Gasteiger partial charge in [-0.25, -0.2) is 4.39 Å². The number of ether oxygens (including phenoxy) is 1. The first-order valence-electron chi connectivity index (χ1n) is 9.17. The molecule has 2 aromatic carbocycles. The van der Waals surface area contributed by atoms with E-state index in [2.05, 4.69) is 0 Å². The number of carbonyl (C=O) groups is 1. The molecule has 3 aromatic rings. The Kier molecular flexibility index (Phi) is 5.98. The van der Waals surface area contributed by atoms with Crippen LogP contribution >= 0.6 is 0 Å². The molecule has 1 heterocycles. The van der Waals surface area contributed by atoms with E-state index < -0.39 is 23.0 Å². The number of nitriles is 1. The number of aromatic nitrogens is 1. The van der Waals surface area contributed by atoms with E-state index in [4.69, 9.17) is 4.74 Å². The molecule has 0 atom stereocenters. The Bertz CT molecular complexity index is 1190. The SMILES string of the molecule is COc1ccc(CCn2c(O)c(C(=O)c3ccc(F)cc3)c(C)c(C#N)c2=O)cc1. The lowest BCUT2D eigenvalue weighted by molar-refractivity contribution is 0.103. The van der Waals surface area contributed by atoms with Crippen LogP contribution in [0.5, 0.6) is 11.6 Å². The Morgan fingerprint density at radius 1 is 1.17 bits per heavy atom. The lowest BCUT2D eigenvalue weighted by atomic mass is 9.97. The minimum absolute atomic E-state index is 0.0651. The standard InChI is InChI=1S/C23H19FN2O4/c1-14-19(13-25)22(28)26(12-11-15-3-9-18(30-2)10-4-15)23(29)20(14)21(27)16-5-7-17(24)8-6-16/h3-10,29H,11-12H2,1-2H3. The number of ketones is 1. The first-order chi connectivity index (χ1) is 14.4. The van der Waals surface area contributed by atoms with Gasteiger partial charge in [-0.2, -0.15) is 5.26 Å². The summed E-state index contributed by atoms with van der Waals surface area (Å²) in [7, 11) is 1.56. The number of carbonyl (C=O) groups excluding carboxylic acids is 1. The Hall–Kier alpha value is -3.92. The molecular formula is C23H19FN2O4. The number of halogens is 1. The van der Waals surface area contributed by atoms with Crippen molar-refractivity contribution in [2.75, 3.05) is 7.11 Å². The maximum atomic E-state index is 13.2. The summed E-state index contributed by atoms with van der Waals surface area (Å²) in [5, 5.41) is 20.2. The predicted molar refractivity (Wildman–Crippen MR) is 108 cm³/mol. The Morgan fingerprint density at radius 3 is 2.37 bits per heavy atom. The third kappa shape index (κ3) is 3.94. The van der Waals surface area contributed by atoms with E-state index in [9.17, 15) is 24.3 Å². The lowest BCUT2D eigenvalue weighted by Gasteiger charge is -2.16. The highest BCUT2D eigenvalue weighted by molar-refractivity contribution is 6.11. The second-order valence-electron chi connectivity index (χ2n) is 6.70. The Labute approximate surface area is 172 Å². The van der Waals surface area contributed by atoms with Crippen LogP contribution in [0.25, 0.3) is 0 Å². The quantitative estimate of drug-likeness (QED) is 0.634. The molecule has 6 nitrogen and oxygen atoms in total. The summed E-state index contributed by atoms with van der Waals surface area (Å²) < 4.78 is 19.3. The van der Waals surface area contributed by atoms with Gasteiger partial charge in [0.05, 0.1) is 12.7 Å². The number of hydrogen-bond donors (Lipinski definition) is 1. The zero-order valence-electron chi connectivity index (χ0n) is 16.5. The van der Waals surface area contributed by atoms with Crippen molar-refractivity contribution in [3.8, 4) is 17.7 Å². The van der Waals surface area contributed by atoms with Crippen molar-refractivity contribution in [2.45, 2.75) is 19.9 Å². The smallest absolute Gasteiger partial charge is 0.271 e. The second kappa shape index (κ2) is 8.62.